The molecule has 0 saturated heterocycles. The molecule has 0 aromatic carbocycles. The van der Waals surface area contributed by atoms with Crippen LogP contribution in [0.3, 0.4) is 0 Å². The van der Waals surface area contributed by atoms with Crippen LogP contribution in [0.1, 0.15) is 6.92 Å². The topological polar surface area (TPSA) is 46.3 Å². The molecule has 1 amide bonds. The van der Waals surface area contributed by atoms with Crippen molar-refractivity contribution in [3.63, 3.8) is 0 Å². The Balaban J connectivity index is 3.70. The molecule has 0 aliphatic heterocycles. The van der Waals surface area contributed by atoms with Gasteiger partial charge in [0.25, 0.3) is 0 Å². The number of amides is 1. The van der Waals surface area contributed by atoms with Gasteiger partial charge in [-0.15, -0.1) is 0 Å². The third kappa shape index (κ3) is 3.25. The maximum Gasteiger partial charge on any atom is 0.246 e. The van der Waals surface area contributed by atoms with Gasteiger partial charge in [0.15, 0.2) is 0 Å². The van der Waals surface area contributed by atoms with E-state index in [1.54, 1.807) is 18.0 Å². The van der Waals surface area contributed by atoms with Gasteiger partial charge in [0.2, 0.25) is 5.91 Å². The second kappa shape index (κ2) is 4.99. The van der Waals surface area contributed by atoms with Gasteiger partial charge in [-0.25, -0.2) is 0 Å². The maximum absolute atomic E-state index is 10.9. The van der Waals surface area contributed by atoms with E-state index in [1.165, 1.54) is 6.08 Å². The van der Waals surface area contributed by atoms with E-state index in [0.717, 1.165) is 0 Å². The Morgan fingerprint density at radius 3 is 2.70 bits per heavy atom. The lowest BCUT2D eigenvalue weighted by atomic mass is 10.4. The van der Waals surface area contributed by atoms with E-state index in [4.69, 9.17) is 5.73 Å². The first-order valence-electron chi connectivity index (χ1n) is 3.30. The lowest BCUT2D eigenvalue weighted by Gasteiger charge is -2.12. The summed E-state index contributed by atoms with van der Waals surface area (Å²) in [5, 5.41) is 0. The molecule has 0 atom stereocenters. The summed E-state index contributed by atoms with van der Waals surface area (Å²) in [6.45, 7) is 2.94. The summed E-state index contributed by atoms with van der Waals surface area (Å²) in [4.78, 5) is 12.5. The fraction of sp³-hybridized carbons (Fsp3) is 0.571. The van der Waals surface area contributed by atoms with Gasteiger partial charge < -0.3 is 10.6 Å². The second-order valence-electron chi connectivity index (χ2n) is 2.05. The van der Waals surface area contributed by atoms with Crippen LogP contribution in [0.5, 0.6) is 0 Å². The average Bonchev–Trinajstić information content (AvgIpc) is 1.89. The van der Waals surface area contributed by atoms with Crippen molar-refractivity contribution in [1.29, 1.82) is 0 Å². The van der Waals surface area contributed by atoms with Crippen molar-refractivity contribution in [2.24, 2.45) is 5.73 Å². The van der Waals surface area contributed by atoms with Crippen molar-refractivity contribution < 1.29 is 4.79 Å². The van der Waals surface area contributed by atoms with E-state index < -0.39 is 0 Å². The van der Waals surface area contributed by atoms with Crippen LogP contribution in [0.25, 0.3) is 0 Å². The largest absolute Gasteiger partial charge is 0.341 e. The Kier molecular flexibility index (Phi) is 4.58. The molecule has 0 rings (SSSR count). The zero-order chi connectivity index (χ0) is 7.98. The molecular weight excluding hydrogens is 128 g/mol. The fourth-order valence-electron chi connectivity index (χ4n) is 0.574. The zero-order valence-electron chi connectivity index (χ0n) is 6.50. The number of likely N-dealkylation sites (N-methyl/N-ethyl adjacent to an activating group) is 1. The van der Waals surface area contributed by atoms with E-state index >= 15 is 0 Å². The third-order valence-corrected chi connectivity index (χ3v) is 1.15. The molecule has 0 aliphatic rings. The molecule has 0 radical (unpaired) electrons. The molecule has 0 unspecified atom stereocenters. The van der Waals surface area contributed by atoms with Crippen LogP contribution in [-0.2, 0) is 4.79 Å². The number of nitrogens with two attached hydrogens (primary N) is 1. The highest BCUT2D eigenvalue weighted by atomic mass is 16.2. The molecule has 0 aromatic rings. The van der Waals surface area contributed by atoms with E-state index in [9.17, 15) is 4.79 Å². The molecule has 3 heteroatoms. The minimum absolute atomic E-state index is 0.00736. The van der Waals surface area contributed by atoms with Crippen molar-refractivity contribution in [1.82, 2.24) is 4.90 Å². The summed E-state index contributed by atoms with van der Waals surface area (Å²) in [6.07, 6.45) is 3.24. The minimum Gasteiger partial charge on any atom is -0.341 e. The van der Waals surface area contributed by atoms with Crippen molar-refractivity contribution in [2.75, 3.05) is 20.1 Å². The van der Waals surface area contributed by atoms with Gasteiger partial charge in [0.05, 0.1) is 0 Å². The summed E-state index contributed by atoms with van der Waals surface area (Å²) in [5.74, 6) is 0.00736. The molecule has 0 saturated carbocycles. The van der Waals surface area contributed by atoms with E-state index in [2.05, 4.69) is 0 Å². The number of allylic oxidation sites excluding steroid dienone is 1. The molecule has 2 N–H and O–H groups in total. The summed E-state index contributed by atoms with van der Waals surface area (Å²) < 4.78 is 0. The van der Waals surface area contributed by atoms with Crippen LogP contribution in [0, 0.1) is 0 Å². The Morgan fingerprint density at radius 2 is 2.30 bits per heavy atom. The lowest BCUT2D eigenvalue weighted by molar-refractivity contribution is -0.124. The maximum atomic E-state index is 10.9. The van der Waals surface area contributed by atoms with Crippen molar-refractivity contribution in [2.45, 2.75) is 6.92 Å². The molecular formula is C7H14N2O. The molecule has 10 heavy (non-hydrogen) atoms. The summed E-state index contributed by atoms with van der Waals surface area (Å²) in [7, 11) is 1.73. The molecule has 0 aromatic heterocycles. The first kappa shape index (κ1) is 9.17. The number of carbonyl (C=O) groups excluding carboxylic acids is 1. The highest BCUT2D eigenvalue weighted by molar-refractivity contribution is 5.87. The summed E-state index contributed by atoms with van der Waals surface area (Å²) in [5.41, 5.74) is 5.25. The van der Waals surface area contributed by atoms with Crippen LogP contribution in [0.4, 0.5) is 0 Å². The Bertz CT molecular complexity index is 132. The average molecular weight is 142 g/mol. The van der Waals surface area contributed by atoms with Gasteiger partial charge in [-0.05, 0) is 13.0 Å². The highest BCUT2D eigenvalue weighted by Gasteiger charge is 2.00. The number of carbonyl (C=O) groups is 1. The van der Waals surface area contributed by atoms with Crippen LogP contribution in [0.2, 0.25) is 0 Å². The van der Waals surface area contributed by atoms with Crippen LogP contribution >= 0.6 is 0 Å². The van der Waals surface area contributed by atoms with E-state index in [1.807, 2.05) is 6.92 Å². The number of rotatable bonds is 3. The summed E-state index contributed by atoms with van der Waals surface area (Å²) in [6, 6.07) is 0. The molecule has 0 fully saturated rings. The number of hydrogen-bond donors (Lipinski definition) is 1. The van der Waals surface area contributed by atoms with Crippen LogP contribution in [-0.4, -0.2) is 30.9 Å². The minimum atomic E-state index is 0.00736. The first-order chi connectivity index (χ1) is 4.72. The van der Waals surface area contributed by atoms with Crippen molar-refractivity contribution in [3.05, 3.63) is 12.2 Å². The lowest BCUT2D eigenvalue weighted by Crippen LogP contribution is -2.30. The Hall–Kier alpha value is -0.830. The van der Waals surface area contributed by atoms with Crippen LogP contribution < -0.4 is 5.73 Å². The predicted molar refractivity (Wildman–Crippen MR) is 41.5 cm³/mol. The molecule has 3 nitrogen and oxygen atoms in total. The van der Waals surface area contributed by atoms with Crippen molar-refractivity contribution >= 4 is 5.91 Å². The van der Waals surface area contributed by atoms with Crippen LogP contribution in [0.15, 0.2) is 12.2 Å². The van der Waals surface area contributed by atoms with Gasteiger partial charge in [0, 0.05) is 20.1 Å². The number of hydrogen-bond acceptors (Lipinski definition) is 2. The molecule has 0 heterocycles. The van der Waals surface area contributed by atoms with Crippen molar-refractivity contribution in [3.8, 4) is 0 Å². The van der Waals surface area contributed by atoms with Gasteiger partial charge >= 0.3 is 0 Å². The smallest absolute Gasteiger partial charge is 0.246 e. The molecule has 58 valence electrons. The monoisotopic (exact) mass is 142 g/mol. The Labute approximate surface area is 61.5 Å². The third-order valence-electron chi connectivity index (χ3n) is 1.15. The number of nitrogens with zero attached hydrogens (tertiary/aromatic N) is 1. The molecule has 0 bridgehead atoms. The Morgan fingerprint density at radius 1 is 1.70 bits per heavy atom. The van der Waals surface area contributed by atoms with Gasteiger partial charge in [-0.2, -0.15) is 0 Å². The SMILES string of the molecule is C/C=C/C(=O)N(C)CCN. The quantitative estimate of drug-likeness (QED) is 0.563. The second-order valence-corrected chi connectivity index (χ2v) is 2.05. The first-order valence-corrected chi connectivity index (χ1v) is 3.30. The van der Waals surface area contributed by atoms with Gasteiger partial charge in [-0.1, -0.05) is 6.08 Å². The fourth-order valence-corrected chi connectivity index (χ4v) is 0.574. The van der Waals surface area contributed by atoms with E-state index in [0.29, 0.717) is 13.1 Å². The highest BCUT2D eigenvalue weighted by Crippen LogP contribution is 1.84. The standard InChI is InChI=1S/C7H14N2O/c1-3-4-7(10)9(2)6-5-8/h3-4H,5-6,8H2,1-2H3/b4-3+. The van der Waals surface area contributed by atoms with Gasteiger partial charge in [0.1, 0.15) is 0 Å². The molecule has 0 aliphatic carbocycles. The predicted octanol–water partition coefficient (Wildman–Crippen LogP) is -0.0204. The summed E-state index contributed by atoms with van der Waals surface area (Å²) >= 11 is 0. The molecule has 0 spiro atoms. The zero-order valence-corrected chi connectivity index (χ0v) is 6.50. The van der Waals surface area contributed by atoms with E-state index in [-0.39, 0.29) is 5.91 Å². The normalized spacial score (nSPS) is 10.3. The van der Waals surface area contributed by atoms with Gasteiger partial charge in [-0.3, -0.25) is 4.79 Å².